The fraction of sp³-hybridized carbons (Fsp3) is 0.933. The highest BCUT2D eigenvalue weighted by molar-refractivity contribution is 7.98. The van der Waals surface area contributed by atoms with Crippen LogP contribution in [-0.4, -0.2) is 53.9 Å². The molecule has 0 bridgehead atoms. The SMILES string of the molecule is CCC1(OCCSC)CCCN(C(=O)OC(C)(C)C)C1. The van der Waals surface area contributed by atoms with Crippen molar-refractivity contribution in [3.63, 3.8) is 0 Å². The molecule has 1 heterocycles. The lowest BCUT2D eigenvalue weighted by Crippen LogP contribution is -2.52. The smallest absolute Gasteiger partial charge is 0.410 e. The van der Waals surface area contributed by atoms with Crippen LogP contribution in [0.3, 0.4) is 0 Å². The number of hydrogen-bond donors (Lipinski definition) is 0. The van der Waals surface area contributed by atoms with E-state index in [9.17, 15) is 4.79 Å². The summed E-state index contributed by atoms with van der Waals surface area (Å²) < 4.78 is 11.6. The lowest BCUT2D eigenvalue weighted by Gasteiger charge is -2.42. The van der Waals surface area contributed by atoms with Crippen molar-refractivity contribution in [3.8, 4) is 0 Å². The summed E-state index contributed by atoms with van der Waals surface area (Å²) in [5.41, 5.74) is -0.631. The lowest BCUT2D eigenvalue weighted by atomic mass is 9.90. The molecule has 1 unspecified atom stereocenters. The summed E-state index contributed by atoms with van der Waals surface area (Å²) in [7, 11) is 0. The lowest BCUT2D eigenvalue weighted by molar-refractivity contribution is -0.0880. The number of piperidine rings is 1. The zero-order valence-corrected chi connectivity index (χ0v) is 14.3. The summed E-state index contributed by atoms with van der Waals surface area (Å²) in [5.74, 6) is 0.994. The molecule has 0 spiro atoms. The average Bonchev–Trinajstić information content (AvgIpc) is 2.37. The van der Waals surface area contributed by atoms with Crippen LogP contribution in [0, 0.1) is 0 Å². The molecule has 0 N–H and O–H groups in total. The summed E-state index contributed by atoms with van der Waals surface area (Å²) in [6.45, 7) is 9.99. The maximum Gasteiger partial charge on any atom is 0.410 e. The first-order valence-corrected chi connectivity index (χ1v) is 8.82. The maximum absolute atomic E-state index is 12.2. The standard InChI is InChI=1S/C15H29NO3S/c1-6-15(18-10-11-20-5)8-7-9-16(12-15)13(17)19-14(2,3)4/h6-12H2,1-5H3. The monoisotopic (exact) mass is 303 g/mol. The highest BCUT2D eigenvalue weighted by atomic mass is 32.2. The van der Waals surface area contributed by atoms with Gasteiger partial charge in [-0.1, -0.05) is 6.92 Å². The van der Waals surface area contributed by atoms with Crippen molar-refractivity contribution >= 4 is 17.9 Å². The quantitative estimate of drug-likeness (QED) is 0.728. The van der Waals surface area contributed by atoms with Crippen LogP contribution in [0.25, 0.3) is 0 Å². The summed E-state index contributed by atoms with van der Waals surface area (Å²) in [4.78, 5) is 14.0. The van der Waals surface area contributed by atoms with E-state index in [4.69, 9.17) is 9.47 Å². The Balaban J connectivity index is 2.61. The van der Waals surface area contributed by atoms with Crippen molar-refractivity contribution in [1.29, 1.82) is 0 Å². The van der Waals surface area contributed by atoms with Crippen LogP contribution in [0.4, 0.5) is 4.79 Å². The number of nitrogens with zero attached hydrogens (tertiary/aromatic N) is 1. The molecule has 20 heavy (non-hydrogen) atoms. The van der Waals surface area contributed by atoms with Gasteiger partial charge in [0, 0.05) is 12.3 Å². The second-order valence-corrected chi connectivity index (χ2v) is 7.37. The number of rotatable bonds is 5. The molecule has 1 saturated heterocycles. The summed E-state index contributed by atoms with van der Waals surface area (Å²) >= 11 is 1.78. The van der Waals surface area contributed by atoms with Gasteiger partial charge in [0.05, 0.1) is 18.8 Å². The number of carbonyl (C=O) groups excluding carboxylic acids is 1. The van der Waals surface area contributed by atoms with E-state index in [0.717, 1.165) is 38.2 Å². The topological polar surface area (TPSA) is 38.8 Å². The van der Waals surface area contributed by atoms with E-state index in [0.29, 0.717) is 6.54 Å². The van der Waals surface area contributed by atoms with Crippen LogP contribution in [0.15, 0.2) is 0 Å². The van der Waals surface area contributed by atoms with Crippen molar-refractivity contribution in [2.75, 3.05) is 31.7 Å². The molecule has 1 rings (SSSR count). The first kappa shape index (κ1) is 17.6. The number of thioether (sulfide) groups is 1. The van der Waals surface area contributed by atoms with Gasteiger partial charge in [0.25, 0.3) is 0 Å². The summed E-state index contributed by atoms with van der Waals surface area (Å²) in [5, 5.41) is 0. The van der Waals surface area contributed by atoms with Crippen molar-refractivity contribution in [2.24, 2.45) is 0 Å². The molecule has 0 aromatic rings. The molecule has 0 aromatic carbocycles. The third-order valence-corrected chi connectivity index (χ3v) is 4.11. The van der Waals surface area contributed by atoms with Crippen LogP contribution in [0.1, 0.15) is 47.0 Å². The molecule has 0 radical (unpaired) electrons. The van der Waals surface area contributed by atoms with Gasteiger partial charge in [-0.05, 0) is 46.3 Å². The Morgan fingerprint density at radius 1 is 1.40 bits per heavy atom. The minimum atomic E-state index is -0.441. The molecule has 1 atom stereocenters. The second kappa shape index (κ2) is 7.55. The summed E-state index contributed by atoms with van der Waals surface area (Å²) in [6.07, 6.45) is 4.79. The molecule has 4 nitrogen and oxygen atoms in total. The van der Waals surface area contributed by atoms with Crippen LogP contribution in [-0.2, 0) is 9.47 Å². The molecular weight excluding hydrogens is 274 g/mol. The van der Waals surface area contributed by atoms with Crippen molar-refractivity contribution in [1.82, 2.24) is 4.90 Å². The predicted octanol–water partition coefficient (Wildman–Crippen LogP) is 3.55. The Kier molecular flexibility index (Phi) is 6.65. The molecule has 0 aliphatic carbocycles. The fourth-order valence-corrected chi connectivity index (χ4v) is 2.68. The van der Waals surface area contributed by atoms with Gasteiger partial charge in [-0.25, -0.2) is 4.79 Å². The Labute approximate surface area is 127 Å². The van der Waals surface area contributed by atoms with E-state index in [2.05, 4.69) is 13.2 Å². The molecule has 1 fully saturated rings. The number of amides is 1. The maximum atomic E-state index is 12.2. The number of likely N-dealkylation sites (tertiary alicyclic amines) is 1. The minimum absolute atomic E-state index is 0.190. The van der Waals surface area contributed by atoms with E-state index in [-0.39, 0.29) is 11.7 Å². The van der Waals surface area contributed by atoms with Crippen LogP contribution in [0.2, 0.25) is 0 Å². The Morgan fingerprint density at radius 2 is 2.10 bits per heavy atom. The molecule has 118 valence electrons. The molecule has 0 aromatic heterocycles. The van der Waals surface area contributed by atoms with E-state index >= 15 is 0 Å². The number of ether oxygens (including phenoxy) is 2. The summed E-state index contributed by atoms with van der Waals surface area (Å²) in [6, 6.07) is 0. The highest BCUT2D eigenvalue weighted by Gasteiger charge is 2.37. The Morgan fingerprint density at radius 3 is 2.65 bits per heavy atom. The zero-order valence-electron chi connectivity index (χ0n) is 13.5. The Bertz CT molecular complexity index is 317. The molecule has 5 heteroatoms. The second-order valence-electron chi connectivity index (χ2n) is 6.38. The first-order valence-electron chi connectivity index (χ1n) is 7.43. The Hall–Kier alpha value is -0.420. The van der Waals surface area contributed by atoms with Gasteiger partial charge in [-0.15, -0.1) is 0 Å². The molecular formula is C15H29NO3S. The first-order chi connectivity index (χ1) is 9.32. The van der Waals surface area contributed by atoms with E-state index in [1.54, 1.807) is 16.7 Å². The average molecular weight is 303 g/mol. The van der Waals surface area contributed by atoms with Gasteiger partial charge in [0.15, 0.2) is 0 Å². The fourth-order valence-electron chi connectivity index (χ4n) is 2.43. The number of hydrogen-bond acceptors (Lipinski definition) is 4. The van der Waals surface area contributed by atoms with Crippen LogP contribution >= 0.6 is 11.8 Å². The van der Waals surface area contributed by atoms with Gasteiger partial charge >= 0.3 is 6.09 Å². The molecule has 1 aliphatic heterocycles. The largest absolute Gasteiger partial charge is 0.444 e. The van der Waals surface area contributed by atoms with E-state index in [1.165, 1.54) is 0 Å². The van der Waals surface area contributed by atoms with Gasteiger partial charge in [-0.3, -0.25) is 0 Å². The van der Waals surface area contributed by atoms with Crippen molar-refractivity contribution < 1.29 is 14.3 Å². The molecule has 1 aliphatic rings. The number of carbonyl (C=O) groups is 1. The third kappa shape index (κ3) is 5.52. The normalized spacial score (nSPS) is 23.8. The van der Waals surface area contributed by atoms with Crippen LogP contribution < -0.4 is 0 Å². The molecule has 0 saturated carbocycles. The van der Waals surface area contributed by atoms with Gasteiger partial charge in [0.1, 0.15) is 5.60 Å². The van der Waals surface area contributed by atoms with Gasteiger partial charge in [0.2, 0.25) is 0 Å². The van der Waals surface area contributed by atoms with Crippen molar-refractivity contribution in [3.05, 3.63) is 0 Å². The highest BCUT2D eigenvalue weighted by Crippen LogP contribution is 2.29. The van der Waals surface area contributed by atoms with E-state index in [1.807, 2.05) is 20.8 Å². The van der Waals surface area contributed by atoms with Gasteiger partial charge < -0.3 is 14.4 Å². The van der Waals surface area contributed by atoms with Crippen LogP contribution in [0.5, 0.6) is 0 Å². The zero-order chi connectivity index (χ0) is 15.2. The van der Waals surface area contributed by atoms with Crippen molar-refractivity contribution in [2.45, 2.75) is 58.2 Å². The minimum Gasteiger partial charge on any atom is -0.444 e. The third-order valence-electron chi connectivity index (χ3n) is 3.53. The van der Waals surface area contributed by atoms with Gasteiger partial charge in [-0.2, -0.15) is 11.8 Å². The van der Waals surface area contributed by atoms with E-state index < -0.39 is 5.60 Å². The molecule has 1 amide bonds. The predicted molar refractivity (Wildman–Crippen MR) is 84.4 cm³/mol.